The van der Waals surface area contributed by atoms with Crippen LogP contribution in [0.4, 0.5) is 0 Å². The second kappa shape index (κ2) is 9.56. The number of rotatable bonds is 8. The predicted octanol–water partition coefficient (Wildman–Crippen LogP) is 3.86. The number of hydrogen-bond donors (Lipinski definition) is 1. The van der Waals surface area contributed by atoms with Crippen LogP contribution in [0, 0.1) is 0 Å². The van der Waals surface area contributed by atoms with Crippen molar-refractivity contribution in [2.45, 2.75) is 19.3 Å². The van der Waals surface area contributed by atoms with Crippen molar-refractivity contribution in [3.63, 3.8) is 0 Å². The van der Waals surface area contributed by atoms with Gasteiger partial charge in [-0.1, -0.05) is 12.1 Å². The Balaban J connectivity index is 2.17. The Kier molecular flexibility index (Phi) is 6.88. The summed E-state index contributed by atoms with van der Waals surface area (Å²) in [5, 5.41) is 9.23. The molecule has 0 bridgehead atoms. The van der Waals surface area contributed by atoms with Crippen LogP contribution >= 0.6 is 0 Å². The summed E-state index contributed by atoms with van der Waals surface area (Å²) in [5.41, 5.74) is 4.20. The molecule has 0 saturated heterocycles. The molecule has 0 fully saturated rings. The van der Waals surface area contributed by atoms with Gasteiger partial charge in [-0.15, -0.1) is 0 Å². The Morgan fingerprint density at radius 1 is 0.862 bits per heavy atom. The Morgan fingerprint density at radius 3 is 2.14 bits per heavy atom. The van der Waals surface area contributed by atoms with Crippen LogP contribution in [0.5, 0.6) is 28.7 Å². The molecule has 0 aliphatic heterocycles. The molecule has 2 aromatic rings. The van der Waals surface area contributed by atoms with Gasteiger partial charge in [-0.25, -0.2) is 0 Å². The minimum Gasteiger partial charge on any atom is -0.493 e. The highest BCUT2D eigenvalue weighted by Gasteiger charge is 2.23. The number of benzene rings is 2. The van der Waals surface area contributed by atoms with Crippen LogP contribution in [0.1, 0.15) is 29.5 Å². The zero-order valence-corrected chi connectivity index (χ0v) is 17.4. The van der Waals surface area contributed by atoms with Gasteiger partial charge in [-0.2, -0.15) is 0 Å². The zero-order valence-electron chi connectivity index (χ0n) is 17.4. The molecule has 2 aromatic carbocycles. The average molecular weight is 400 g/mol. The Hall–Kier alpha value is -2.86. The smallest absolute Gasteiger partial charge is 0.203 e. The van der Waals surface area contributed by atoms with E-state index in [-0.39, 0.29) is 13.2 Å². The third kappa shape index (κ3) is 4.12. The van der Waals surface area contributed by atoms with E-state index in [0.29, 0.717) is 28.7 Å². The summed E-state index contributed by atoms with van der Waals surface area (Å²) in [4.78, 5) is 0. The highest BCUT2D eigenvalue weighted by atomic mass is 16.5. The number of fused-ring (bicyclic) bond motifs is 1. The lowest BCUT2D eigenvalue weighted by molar-refractivity contribution is 0.195. The van der Waals surface area contributed by atoms with Crippen molar-refractivity contribution in [2.75, 3.05) is 41.7 Å². The number of hydrogen-bond acceptors (Lipinski definition) is 6. The fraction of sp³-hybridized carbons (Fsp3) is 0.391. The van der Waals surface area contributed by atoms with E-state index in [2.05, 4.69) is 12.1 Å². The summed E-state index contributed by atoms with van der Waals surface area (Å²) in [5.74, 6) is 3.15. The van der Waals surface area contributed by atoms with Gasteiger partial charge in [0.25, 0.3) is 0 Å². The van der Waals surface area contributed by atoms with Crippen LogP contribution in [-0.4, -0.2) is 46.8 Å². The van der Waals surface area contributed by atoms with E-state index < -0.39 is 0 Å². The molecular weight excluding hydrogens is 372 g/mol. The van der Waals surface area contributed by atoms with Crippen LogP contribution < -0.4 is 23.7 Å². The second-order valence-corrected chi connectivity index (χ2v) is 6.62. The first kappa shape index (κ1) is 20.9. The molecule has 0 radical (unpaired) electrons. The molecule has 3 rings (SSSR count). The molecule has 0 unspecified atom stereocenters. The molecule has 6 heteroatoms. The van der Waals surface area contributed by atoms with Gasteiger partial charge in [0.05, 0.1) is 35.0 Å². The number of aliphatic hydroxyl groups is 1. The predicted molar refractivity (Wildman–Crippen MR) is 112 cm³/mol. The number of ether oxygens (including phenoxy) is 5. The minimum absolute atomic E-state index is 0.0532. The van der Waals surface area contributed by atoms with E-state index in [1.54, 1.807) is 28.4 Å². The lowest BCUT2D eigenvalue weighted by Gasteiger charge is -2.20. The van der Waals surface area contributed by atoms with Gasteiger partial charge in [-0.3, -0.25) is 0 Å². The molecule has 0 spiro atoms. The molecule has 0 saturated carbocycles. The van der Waals surface area contributed by atoms with Crippen molar-refractivity contribution in [1.82, 2.24) is 0 Å². The molecule has 1 aliphatic rings. The molecular formula is C23H28O6. The number of allylic oxidation sites excluding steroid dienone is 1. The zero-order chi connectivity index (χ0) is 20.8. The first-order valence-electron chi connectivity index (χ1n) is 9.62. The monoisotopic (exact) mass is 400 g/mol. The quantitative estimate of drug-likeness (QED) is 0.726. The second-order valence-electron chi connectivity index (χ2n) is 6.62. The summed E-state index contributed by atoms with van der Waals surface area (Å²) in [6.07, 6.45) is 5.01. The summed E-state index contributed by atoms with van der Waals surface area (Å²) in [6.45, 7) is 0.165. The van der Waals surface area contributed by atoms with Crippen LogP contribution in [0.3, 0.4) is 0 Å². The largest absolute Gasteiger partial charge is 0.493 e. The van der Waals surface area contributed by atoms with Gasteiger partial charge in [0, 0.05) is 5.56 Å². The summed E-state index contributed by atoms with van der Waals surface area (Å²) >= 11 is 0. The van der Waals surface area contributed by atoms with E-state index in [0.717, 1.165) is 41.5 Å². The van der Waals surface area contributed by atoms with Gasteiger partial charge in [0.2, 0.25) is 5.75 Å². The van der Waals surface area contributed by atoms with Crippen LogP contribution in [0.15, 0.2) is 30.3 Å². The van der Waals surface area contributed by atoms with Gasteiger partial charge in [-0.05, 0) is 54.2 Å². The first-order valence-corrected chi connectivity index (χ1v) is 9.62. The topological polar surface area (TPSA) is 66.4 Å². The van der Waals surface area contributed by atoms with Crippen molar-refractivity contribution >= 4 is 5.57 Å². The Morgan fingerprint density at radius 2 is 1.55 bits per heavy atom. The highest BCUT2D eigenvalue weighted by molar-refractivity contribution is 5.85. The third-order valence-corrected chi connectivity index (χ3v) is 5.03. The summed E-state index contributed by atoms with van der Waals surface area (Å²) < 4.78 is 27.9. The summed E-state index contributed by atoms with van der Waals surface area (Å²) in [7, 11) is 6.45. The van der Waals surface area contributed by atoms with Crippen molar-refractivity contribution in [2.24, 2.45) is 0 Å². The summed E-state index contributed by atoms with van der Waals surface area (Å²) in [6, 6.07) is 7.88. The number of methoxy groups -OCH3 is 4. The Bertz CT molecular complexity index is 862. The van der Waals surface area contributed by atoms with E-state index in [4.69, 9.17) is 23.7 Å². The molecule has 1 aliphatic carbocycles. The van der Waals surface area contributed by atoms with Gasteiger partial charge in [0.1, 0.15) is 6.61 Å². The lowest BCUT2D eigenvalue weighted by Crippen LogP contribution is -2.07. The number of aliphatic hydroxyl groups excluding tert-OH is 1. The third-order valence-electron chi connectivity index (χ3n) is 5.03. The maximum Gasteiger partial charge on any atom is 0.203 e. The van der Waals surface area contributed by atoms with Crippen molar-refractivity contribution in [3.05, 3.63) is 47.0 Å². The molecule has 0 aromatic heterocycles. The van der Waals surface area contributed by atoms with Crippen LogP contribution in [0.2, 0.25) is 0 Å². The SMILES string of the molecule is COc1cc(C2=CCCCc3c2ccc(OC)c3OCCO)cc(OC)c1OC. The van der Waals surface area contributed by atoms with Crippen LogP contribution in [0.25, 0.3) is 5.57 Å². The standard InChI is InChI=1S/C23H28O6/c1-25-19-10-9-17-16(7-5-6-8-18(17)22(19)29-12-11-24)15-13-20(26-2)23(28-4)21(14-15)27-3/h7,9-10,13-14,24H,5-6,8,11-12H2,1-4H3. The van der Waals surface area contributed by atoms with Gasteiger partial charge < -0.3 is 28.8 Å². The fourth-order valence-corrected chi connectivity index (χ4v) is 3.72. The van der Waals surface area contributed by atoms with Crippen molar-refractivity contribution in [3.8, 4) is 28.7 Å². The van der Waals surface area contributed by atoms with E-state index in [1.165, 1.54) is 0 Å². The molecule has 6 nitrogen and oxygen atoms in total. The van der Waals surface area contributed by atoms with Crippen molar-refractivity contribution < 1.29 is 28.8 Å². The van der Waals surface area contributed by atoms with Crippen LogP contribution in [-0.2, 0) is 6.42 Å². The highest BCUT2D eigenvalue weighted by Crippen LogP contribution is 2.45. The van der Waals surface area contributed by atoms with Gasteiger partial charge in [0.15, 0.2) is 23.0 Å². The van der Waals surface area contributed by atoms with Gasteiger partial charge >= 0.3 is 0 Å². The molecule has 156 valence electrons. The lowest BCUT2D eigenvalue weighted by atomic mass is 9.92. The molecule has 0 heterocycles. The Labute approximate surface area is 171 Å². The molecule has 29 heavy (non-hydrogen) atoms. The molecule has 1 N–H and O–H groups in total. The normalized spacial score (nSPS) is 13.1. The molecule has 0 amide bonds. The maximum atomic E-state index is 9.23. The average Bonchev–Trinajstić information content (AvgIpc) is 2.98. The van der Waals surface area contributed by atoms with E-state index in [9.17, 15) is 5.11 Å². The fourth-order valence-electron chi connectivity index (χ4n) is 3.72. The van der Waals surface area contributed by atoms with E-state index in [1.807, 2.05) is 18.2 Å². The van der Waals surface area contributed by atoms with E-state index >= 15 is 0 Å². The van der Waals surface area contributed by atoms with Crippen molar-refractivity contribution in [1.29, 1.82) is 0 Å². The maximum absolute atomic E-state index is 9.23. The first-order chi connectivity index (χ1) is 14.2. The molecule has 0 atom stereocenters. The minimum atomic E-state index is -0.0532.